The second kappa shape index (κ2) is 11.8. The van der Waals surface area contributed by atoms with E-state index in [-0.39, 0.29) is 19.2 Å². The van der Waals surface area contributed by atoms with Gasteiger partial charge in [0, 0.05) is 6.08 Å². The van der Waals surface area contributed by atoms with Crippen LogP contribution in [0.25, 0.3) is 16.8 Å². The lowest BCUT2D eigenvalue weighted by molar-refractivity contribution is -0.144. The number of hydrogen-bond donors (Lipinski definition) is 0. The molecule has 3 aromatic rings. The summed E-state index contributed by atoms with van der Waals surface area (Å²) < 4.78 is 20.6. The van der Waals surface area contributed by atoms with Crippen molar-refractivity contribution in [3.8, 4) is 11.5 Å². The molecule has 0 aromatic heterocycles. The molecule has 172 valence electrons. The first-order chi connectivity index (χ1) is 16.5. The highest BCUT2D eigenvalue weighted by molar-refractivity contribution is 5.91. The molecule has 3 rings (SSSR count). The maximum Gasteiger partial charge on any atom is 0.342 e. The van der Waals surface area contributed by atoms with Gasteiger partial charge in [0.25, 0.3) is 0 Å². The lowest BCUT2D eigenvalue weighted by atomic mass is 10.1. The molecule has 7 heteroatoms. The van der Waals surface area contributed by atoms with Gasteiger partial charge in [0.05, 0.1) is 11.8 Å². The molecule has 0 atom stereocenters. The average molecular weight is 458 g/mol. The van der Waals surface area contributed by atoms with Crippen LogP contribution in [0.1, 0.15) is 15.9 Å². The zero-order valence-electron chi connectivity index (χ0n) is 18.3. The fourth-order valence-corrected chi connectivity index (χ4v) is 2.79. The van der Waals surface area contributed by atoms with Crippen molar-refractivity contribution in [2.75, 3.05) is 13.4 Å². The molecule has 0 amide bonds. The molecule has 34 heavy (non-hydrogen) atoms. The minimum atomic E-state index is -0.589. The van der Waals surface area contributed by atoms with Crippen LogP contribution >= 0.6 is 0 Å². The van der Waals surface area contributed by atoms with Crippen molar-refractivity contribution >= 4 is 34.6 Å². The Morgan fingerprint density at radius 2 is 1.50 bits per heavy atom. The number of fused-ring (bicyclic) bond motifs is 1. The molecule has 0 aliphatic heterocycles. The fraction of sp³-hybridized carbons (Fsp3) is 0.0741. The smallest absolute Gasteiger partial charge is 0.342 e. The van der Waals surface area contributed by atoms with Crippen molar-refractivity contribution in [1.82, 2.24) is 0 Å². The normalized spacial score (nSPS) is 10.5. The summed E-state index contributed by atoms with van der Waals surface area (Å²) >= 11 is 0. The first kappa shape index (κ1) is 24.0. The van der Waals surface area contributed by atoms with Crippen molar-refractivity contribution in [3.05, 3.63) is 103 Å². The molecule has 0 heterocycles. The molecule has 0 spiro atoms. The topological polar surface area (TPSA) is 88.1 Å². The predicted octanol–water partition coefficient (Wildman–Crippen LogP) is 4.87. The van der Waals surface area contributed by atoms with Gasteiger partial charge in [-0.05, 0) is 71.0 Å². The number of hydrogen-bond acceptors (Lipinski definition) is 7. The maximum absolute atomic E-state index is 12.2. The molecule has 0 aliphatic carbocycles. The highest BCUT2D eigenvalue weighted by Crippen LogP contribution is 2.23. The van der Waals surface area contributed by atoms with E-state index in [9.17, 15) is 14.4 Å². The van der Waals surface area contributed by atoms with E-state index in [4.69, 9.17) is 18.9 Å². The number of esters is 2. The van der Waals surface area contributed by atoms with Gasteiger partial charge in [0.1, 0.15) is 11.5 Å². The van der Waals surface area contributed by atoms with Gasteiger partial charge in [0.2, 0.25) is 6.79 Å². The molecule has 0 saturated heterocycles. The summed E-state index contributed by atoms with van der Waals surface area (Å²) in [6, 6.07) is 17.4. The van der Waals surface area contributed by atoms with E-state index >= 15 is 0 Å². The summed E-state index contributed by atoms with van der Waals surface area (Å²) in [6.45, 7) is 6.39. The van der Waals surface area contributed by atoms with Crippen molar-refractivity contribution in [3.63, 3.8) is 0 Å². The van der Waals surface area contributed by atoms with E-state index in [2.05, 4.69) is 13.2 Å². The van der Waals surface area contributed by atoms with Gasteiger partial charge in [-0.2, -0.15) is 0 Å². The molecule has 3 aromatic carbocycles. The molecule has 0 saturated carbocycles. The molecule has 0 radical (unpaired) electrons. The van der Waals surface area contributed by atoms with Gasteiger partial charge < -0.3 is 18.9 Å². The van der Waals surface area contributed by atoms with Gasteiger partial charge in [-0.1, -0.05) is 31.4 Å². The third kappa shape index (κ3) is 6.93. The molecular weight excluding hydrogens is 436 g/mol. The standard InChI is InChI=1S/C27H22O7/c1-3-23(28)17-32-25-12-9-21-15-19(5-6-22(21)16-25)13-14-31-27(30)20-7-10-24(11-8-20)33-18-34-26(29)4-2/h3-16H,1-2,17-18H2/b14-13+. The molecule has 0 N–H and O–H groups in total. The van der Waals surface area contributed by atoms with Crippen LogP contribution in [-0.2, 0) is 19.1 Å². The summed E-state index contributed by atoms with van der Waals surface area (Å²) in [7, 11) is 0. The lowest BCUT2D eigenvalue weighted by Gasteiger charge is -2.07. The molecular formula is C27H22O7. The maximum atomic E-state index is 12.2. The van der Waals surface area contributed by atoms with Crippen molar-refractivity contribution in [2.45, 2.75) is 0 Å². The minimum absolute atomic E-state index is 0.0535. The Morgan fingerprint density at radius 3 is 2.24 bits per heavy atom. The third-order valence-electron chi connectivity index (χ3n) is 4.56. The van der Waals surface area contributed by atoms with Gasteiger partial charge >= 0.3 is 11.9 Å². The van der Waals surface area contributed by atoms with Gasteiger partial charge in [-0.3, -0.25) is 4.79 Å². The van der Waals surface area contributed by atoms with Crippen LogP contribution < -0.4 is 9.47 Å². The van der Waals surface area contributed by atoms with Gasteiger partial charge in [-0.25, -0.2) is 9.59 Å². The zero-order valence-corrected chi connectivity index (χ0v) is 18.3. The molecule has 0 bridgehead atoms. The van der Waals surface area contributed by atoms with Crippen LogP contribution in [0.4, 0.5) is 0 Å². The van der Waals surface area contributed by atoms with Gasteiger partial charge in [-0.15, -0.1) is 0 Å². The first-order valence-electron chi connectivity index (χ1n) is 10.2. The van der Waals surface area contributed by atoms with Crippen LogP contribution in [0.15, 0.2) is 92.2 Å². The van der Waals surface area contributed by atoms with Crippen molar-refractivity contribution in [2.24, 2.45) is 0 Å². The molecule has 0 unspecified atom stereocenters. The fourth-order valence-electron chi connectivity index (χ4n) is 2.79. The first-order valence-corrected chi connectivity index (χ1v) is 10.2. The van der Waals surface area contributed by atoms with Gasteiger partial charge in [0.15, 0.2) is 12.4 Å². The monoisotopic (exact) mass is 458 g/mol. The van der Waals surface area contributed by atoms with E-state index in [1.165, 1.54) is 12.3 Å². The van der Waals surface area contributed by atoms with Crippen LogP contribution in [-0.4, -0.2) is 31.1 Å². The second-order valence-corrected chi connectivity index (χ2v) is 6.89. The Balaban J connectivity index is 1.54. The van der Waals surface area contributed by atoms with Crippen LogP contribution in [0.3, 0.4) is 0 Å². The number of carbonyl (C=O) groups excluding carboxylic acids is 3. The van der Waals surface area contributed by atoms with Crippen LogP contribution in [0.5, 0.6) is 11.5 Å². The Labute approximate surface area is 196 Å². The quantitative estimate of drug-likeness (QED) is 0.175. The largest absolute Gasteiger partial charge is 0.485 e. The van der Waals surface area contributed by atoms with E-state index in [1.807, 2.05) is 30.3 Å². The zero-order chi connectivity index (χ0) is 24.3. The number of ether oxygens (including phenoxy) is 4. The van der Waals surface area contributed by atoms with E-state index in [0.717, 1.165) is 22.4 Å². The predicted molar refractivity (Wildman–Crippen MR) is 127 cm³/mol. The van der Waals surface area contributed by atoms with Crippen molar-refractivity contribution < 1.29 is 33.3 Å². The summed E-state index contributed by atoms with van der Waals surface area (Å²) in [5.41, 5.74) is 1.18. The summed E-state index contributed by atoms with van der Waals surface area (Å²) in [5, 5.41) is 1.91. The summed E-state index contributed by atoms with van der Waals surface area (Å²) in [4.78, 5) is 34.5. The highest BCUT2D eigenvalue weighted by atomic mass is 16.7. The SMILES string of the molecule is C=CC(=O)COc1ccc2cc(/C=C/OC(=O)c3ccc(OCOC(=O)C=C)cc3)ccc2c1. The number of benzene rings is 3. The number of rotatable bonds is 11. The highest BCUT2D eigenvalue weighted by Gasteiger charge is 2.07. The van der Waals surface area contributed by atoms with E-state index in [1.54, 1.807) is 36.4 Å². The van der Waals surface area contributed by atoms with Crippen molar-refractivity contribution in [1.29, 1.82) is 0 Å². The Hall–Kier alpha value is -4.65. The summed E-state index contributed by atoms with van der Waals surface area (Å²) in [5.74, 6) is -0.285. The molecule has 7 nitrogen and oxygen atoms in total. The average Bonchev–Trinajstić information content (AvgIpc) is 2.87. The lowest BCUT2D eigenvalue weighted by Crippen LogP contribution is -2.07. The molecule has 0 aliphatic rings. The van der Waals surface area contributed by atoms with E-state index in [0.29, 0.717) is 17.1 Å². The van der Waals surface area contributed by atoms with Crippen LogP contribution in [0, 0.1) is 0 Å². The Bertz CT molecular complexity index is 1240. The second-order valence-electron chi connectivity index (χ2n) is 6.89. The minimum Gasteiger partial charge on any atom is -0.485 e. The number of ketones is 1. The third-order valence-corrected chi connectivity index (χ3v) is 4.56. The summed E-state index contributed by atoms with van der Waals surface area (Å²) in [6.07, 6.45) is 5.26. The van der Waals surface area contributed by atoms with Crippen LogP contribution in [0.2, 0.25) is 0 Å². The Kier molecular flexibility index (Phi) is 8.35. The number of carbonyl (C=O) groups is 3. The molecule has 0 fully saturated rings. The Morgan fingerprint density at radius 1 is 0.794 bits per heavy atom. The van der Waals surface area contributed by atoms with E-state index < -0.39 is 11.9 Å².